The van der Waals surface area contributed by atoms with E-state index < -0.39 is 0 Å². The molecule has 3 heterocycles. The first kappa shape index (κ1) is 15.2. The molecule has 1 unspecified atom stereocenters. The summed E-state index contributed by atoms with van der Waals surface area (Å²) < 4.78 is 2.16. The zero-order chi connectivity index (χ0) is 15.7. The van der Waals surface area contributed by atoms with Crippen LogP contribution in [0.5, 0.6) is 0 Å². The van der Waals surface area contributed by atoms with Crippen LogP contribution < -0.4 is 5.32 Å². The lowest BCUT2D eigenvalue weighted by molar-refractivity contribution is 0.0931. The molecule has 1 N–H and O–H groups in total. The van der Waals surface area contributed by atoms with E-state index in [1.807, 2.05) is 13.8 Å². The van der Waals surface area contributed by atoms with Crippen molar-refractivity contribution in [1.29, 1.82) is 0 Å². The molecule has 0 fully saturated rings. The number of rotatable bonds is 4. The predicted molar refractivity (Wildman–Crippen MR) is 87.4 cm³/mol. The minimum absolute atomic E-state index is 0.0163. The molecule has 0 spiro atoms. The normalized spacial score (nSPS) is 17.3. The Labute approximate surface area is 134 Å². The van der Waals surface area contributed by atoms with E-state index >= 15 is 0 Å². The van der Waals surface area contributed by atoms with Gasteiger partial charge in [-0.1, -0.05) is 6.92 Å². The van der Waals surface area contributed by atoms with Gasteiger partial charge in [0, 0.05) is 25.2 Å². The van der Waals surface area contributed by atoms with Crippen molar-refractivity contribution < 1.29 is 4.79 Å². The van der Waals surface area contributed by atoms with Gasteiger partial charge in [0.1, 0.15) is 10.7 Å². The first-order valence-corrected chi connectivity index (χ1v) is 8.68. The number of fused-ring (bicyclic) bond motifs is 1. The summed E-state index contributed by atoms with van der Waals surface area (Å²) in [6.07, 6.45) is 5.92. The molecule has 0 bridgehead atoms. The summed E-state index contributed by atoms with van der Waals surface area (Å²) in [5.41, 5.74) is 1.89. The summed E-state index contributed by atoms with van der Waals surface area (Å²) in [6, 6.07) is 0.171. The lowest BCUT2D eigenvalue weighted by Gasteiger charge is -2.24. The quantitative estimate of drug-likeness (QED) is 0.943. The number of amides is 1. The maximum absolute atomic E-state index is 12.5. The molecule has 1 aliphatic heterocycles. The second-order valence-electron chi connectivity index (χ2n) is 5.93. The predicted octanol–water partition coefficient (Wildman–Crippen LogP) is 2.65. The fourth-order valence-electron chi connectivity index (χ4n) is 2.94. The van der Waals surface area contributed by atoms with Crippen LogP contribution in [-0.2, 0) is 19.4 Å². The number of hydrogen-bond donors (Lipinski definition) is 1. The molecule has 0 radical (unpaired) electrons. The first-order chi connectivity index (χ1) is 10.6. The molecule has 3 rings (SSSR count). The number of carbonyl (C=O) groups excluding carboxylic acids is 1. The van der Waals surface area contributed by atoms with Crippen LogP contribution in [-0.4, -0.2) is 26.5 Å². The molecule has 118 valence electrons. The molecule has 2 aromatic rings. The Bertz CT molecular complexity index is 688. The third-order valence-electron chi connectivity index (χ3n) is 3.96. The molecule has 6 heteroatoms. The average Bonchev–Trinajstić information content (AvgIpc) is 3.00. The van der Waals surface area contributed by atoms with E-state index in [1.54, 1.807) is 0 Å². The molecule has 0 saturated carbocycles. The number of nitrogens with one attached hydrogen (secondary N) is 1. The topological polar surface area (TPSA) is 59.8 Å². The Morgan fingerprint density at radius 2 is 2.27 bits per heavy atom. The van der Waals surface area contributed by atoms with Crippen molar-refractivity contribution >= 4 is 17.2 Å². The van der Waals surface area contributed by atoms with Crippen LogP contribution in [0.3, 0.4) is 0 Å². The van der Waals surface area contributed by atoms with Gasteiger partial charge in [0.25, 0.3) is 5.91 Å². The second-order valence-corrected chi connectivity index (χ2v) is 7.02. The summed E-state index contributed by atoms with van der Waals surface area (Å²) in [5, 5.41) is 4.22. The molecule has 1 amide bonds. The highest BCUT2D eigenvalue weighted by Gasteiger charge is 2.23. The van der Waals surface area contributed by atoms with Crippen LogP contribution >= 0.6 is 11.3 Å². The number of hydrogen-bond acceptors (Lipinski definition) is 4. The Kier molecular flexibility index (Phi) is 4.29. The maximum Gasteiger partial charge on any atom is 0.263 e. The Balaban J connectivity index is 1.67. The summed E-state index contributed by atoms with van der Waals surface area (Å²) >= 11 is 1.53. The maximum atomic E-state index is 12.5. The summed E-state index contributed by atoms with van der Waals surface area (Å²) in [7, 11) is 0. The molecule has 22 heavy (non-hydrogen) atoms. The largest absolute Gasteiger partial charge is 0.347 e. The fraction of sp³-hybridized carbons (Fsp3) is 0.562. The Hall–Kier alpha value is -1.69. The second kappa shape index (κ2) is 6.20. The van der Waals surface area contributed by atoms with Crippen molar-refractivity contribution in [1.82, 2.24) is 19.9 Å². The van der Waals surface area contributed by atoms with Gasteiger partial charge >= 0.3 is 0 Å². The molecular weight excluding hydrogens is 296 g/mol. The van der Waals surface area contributed by atoms with Crippen LogP contribution in [0.2, 0.25) is 0 Å². The van der Waals surface area contributed by atoms with E-state index in [0.29, 0.717) is 0 Å². The van der Waals surface area contributed by atoms with Crippen molar-refractivity contribution in [2.24, 2.45) is 0 Å². The van der Waals surface area contributed by atoms with Crippen LogP contribution in [0, 0.1) is 13.8 Å². The minimum atomic E-state index is 0.0163. The first-order valence-electron chi connectivity index (χ1n) is 7.86. The van der Waals surface area contributed by atoms with Crippen molar-refractivity contribution in [2.75, 3.05) is 0 Å². The molecule has 1 aliphatic rings. The number of thiazole rings is 1. The summed E-state index contributed by atoms with van der Waals surface area (Å²) in [5.74, 6) is 1.14. The Morgan fingerprint density at radius 1 is 1.45 bits per heavy atom. The zero-order valence-electron chi connectivity index (χ0n) is 13.3. The standard InChI is InChI=1S/C16H22N4OS/c1-4-5-14-18-11(3)15(22-14)16(21)19-12-6-7-13-17-10(2)8-20(13)9-12/h8,12H,4-7,9H2,1-3H3,(H,19,21). The highest BCUT2D eigenvalue weighted by Crippen LogP contribution is 2.21. The van der Waals surface area contributed by atoms with E-state index in [1.165, 1.54) is 11.3 Å². The minimum Gasteiger partial charge on any atom is -0.347 e. The number of aryl methyl sites for hydroxylation is 4. The fourth-order valence-corrected chi connectivity index (χ4v) is 4.01. The van der Waals surface area contributed by atoms with Crippen LogP contribution in [0.4, 0.5) is 0 Å². The van der Waals surface area contributed by atoms with E-state index in [-0.39, 0.29) is 11.9 Å². The molecule has 0 saturated heterocycles. The number of carbonyl (C=O) groups is 1. The molecule has 2 aromatic heterocycles. The monoisotopic (exact) mass is 318 g/mol. The highest BCUT2D eigenvalue weighted by atomic mass is 32.1. The van der Waals surface area contributed by atoms with Crippen LogP contribution in [0.25, 0.3) is 0 Å². The smallest absolute Gasteiger partial charge is 0.263 e. The van der Waals surface area contributed by atoms with Gasteiger partial charge in [-0.25, -0.2) is 9.97 Å². The van der Waals surface area contributed by atoms with Crippen molar-refractivity contribution in [3.8, 4) is 0 Å². The van der Waals surface area contributed by atoms with Gasteiger partial charge in [-0.2, -0.15) is 0 Å². The van der Waals surface area contributed by atoms with E-state index in [4.69, 9.17) is 0 Å². The molecule has 1 atom stereocenters. The van der Waals surface area contributed by atoms with Gasteiger partial charge in [0.2, 0.25) is 0 Å². The van der Waals surface area contributed by atoms with Gasteiger partial charge in [-0.05, 0) is 33.1 Å². The van der Waals surface area contributed by atoms with Gasteiger partial charge < -0.3 is 9.88 Å². The highest BCUT2D eigenvalue weighted by molar-refractivity contribution is 7.13. The number of imidazole rings is 1. The van der Waals surface area contributed by atoms with Gasteiger partial charge in [0.05, 0.1) is 16.4 Å². The van der Waals surface area contributed by atoms with Gasteiger partial charge in [-0.15, -0.1) is 11.3 Å². The van der Waals surface area contributed by atoms with Crippen molar-refractivity contribution in [3.63, 3.8) is 0 Å². The Morgan fingerprint density at radius 3 is 3.05 bits per heavy atom. The SMILES string of the molecule is CCCc1nc(C)c(C(=O)NC2CCc3nc(C)cn3C2)s1. The van der Waals surface area contributed by atoms with E-state index in [2.05, 4.69) is 33.0 Å². The lowest BCUT2D eigenvalue weighted by Crippen LogP contribution is -2.40. The van der Waals surface area contributed by atoms with Crippen LogP contribution in [0.1, 0.15) is 51.7 Å². The third kappa shape index (κ3) is 3.06. The molecule has 0 aliphatic carbocycles. The van der Waals surface area contributed by atoms with Gasteiger partial charge in [-0.3, -0.25) is 4.79 Å². The van der Waals surface area contributed by atoms with Gasteiger partial charge in [0.15, 0.2) is 0 Å². The van der Waals surface area contributed by atoms with E-state index in [9.17, 15) is 4.79 Å². The van der Waals surface area contributed by atoms with E-state index in [0.717, 1.165) is 59.3 Å². The third-order valence-corrected chi connectivity index (χ3v) is 5.18. The molecule has 5 nitrogen and oxygen atoms in total. The molecular formula is C16H22N4OS. The van der Waals surface area contributed by atoms with Crippen LogP contribution in [0.15, 0.2) is 6.20 Å². The van der Waals surface area contributed by atoms with Crippen molar-refractivity contribution in [2.45, 2.75) is 59.0 Å². The zero-order valence-corrected chi connectivity index (χ0v) is 14.2. The van der Waals surface area contributed by atoms with Crippen molar-refractivity contribution in [3.05, 3.63) is 33.3 Å². The average molecular weight is 318 g/mol. The summed E-state index contributed by atoms with van der Waals surface area (Å²) in [6.45, 7) is 6.86. The molecule has 0 aromatic carbocycles. The number of aromatic nitrogens is 3. The summed E-state index contributed by atoms with van der Waals surface area (Å²) in [4.78, 5) is 22.3. The lowest BCUT2D eigenvalue weighted by atomic mass is 10.1. The number of nitrogens with zero attached hydrogens (tertiary/aromatic N) is 3.